The van der Waals surface area contributed by atoms with Crippen LogP contribution in [0.1, 0.15) is 11.1 Å². The molecule has 0 bridgehead atoms. The van der Waals surface area contributed by atoms with Gasteiger partial charge in [-0.15, -0.1) is 0 Å². The third-order valence-electron chi connectivity index (χ3n) is 3.17. The van der Waals surface area contributed by atoms with Gasteiger partial charge in [0.25, 0.3) is 0 Å². The monoisotopic (exact) mass is 352 g/mol. The van der Waals surface area contributed by atoms with Gasteiger partial charge in [-0.3, -0.25) is 4.79 Å². The van der Waals surface area contributed by atoms with Crippen LogP contribution in [0.2, 0.25) is 5.02 Å². The maximum absolute atomic E-state index is 12.3. The second-order valence-corrected chi connectivity index (χ2v) is 7.32. The van der Waals surface area contributed by atoms with E-state index in [4.69, 9.17) is 11.6 Å². The Balaban J connectivity index is 2.01. The molecule has 122 valence electrons. The van der Waals surface area contributed by atoms with Crippen LogP contribution in [0.25, 0.3) is 0 Å². The molecule has 0 aliphatic rings. The third kappa shape index (κ3) is 4.79. The van der Waals surface area contributed by atoms with E-state index < -0.39 is 15.9 Å². The summed E-state index contributed by atoms with van der Waals surface area (Å²) in [7, 11) is -3.73. The summed E-state index contributed by atoms with van der Waals surface area (Å²) in [6.45, 7) is 3.25. The van der Waals surface area contributed by atoms with Crippen LogP contribution in [-0.4, -0.2) is 20.9 Å². The molecule has 0 saturated carbocycles. The summed E-state index contributed by atoms with van der Waals surface area (Å²) in [5, 5.41) is 3.15. The summed E-state index contributed by atoms with van der Waals surface area (Å²) in [5.41, 5.74) is 2.16. The molecule has 0 unspecified atom stereocenters. The molecule has 0 aromatic heterocycles. The number of hydrogen-bond donors (Lipinski definition) is 2. The third-order valence-corrected chi connectivity index (χ3v) is 4.98. The topological polar surface area (TPSA) is 75.3 Å². The zero-order valence-electron chi connectivity index (χ0n) is 12.8. The SMILES string of the molecule is Cc1ccc(S(=O)(=O)NCC(=O)Nc2ccc(Cl)cc2)c(C)c1. The second kappa shape index (κ2) is 7.12. The number of carbonyl (C=O) groups excluding carboxylic acids is 1. The second-order valence-electron chi connectivity index (χ2n) is 5.15. The minimum Gasteiger partial charge on any atom is -0.325 e. The average molecular weight is 353 g/mol. The standard InChI is InChI=1S/C16H17ClN2O3S/c1-11-3-8-15(12(2)9-11)23(21,22)18-10-16(20)19-14-6-4-13(17)5-7-14/h3-9,18H,10H2,1-2H3,(H,19,20). The Hall–Kier alpha value is -1.89. The van der Waals surface area contributed by atoms with E-state index in [1.165, 1.54) is 6.07 Å². The molecule has 7 heteroatoms. The van der Waals surface area contributed by atoms with Gasteiger partial charge < -0.3 is 5.32 Å². The molecule has 0 fully saturated rings. The first-order valence-electron chi connectivity index (χ1n) is 6.90. The highest BCUT2D eigenvalue weighted by Gasteiger charge is 2.17. The molecule has 0 aliphatic heterocycles. The van der Waals surface area contributed by atoms with Crippen molar-refractivity contribution >= 4 is 33.2 Å². The number of carbonyl (C=O) groups is 1. The first-order valence-corrected chi connectivity index (χ1v) is 8.76. The van der Waals surface area contributed by atoms with Gasteiger partial charge in [0.05, 0.1) is 11.4 Å². The van der Waals surface area contributed by atoms with E-state index in [0.29, 0.717) is 16.3 Å². The van der Waals surface area contributed by atoms with Gasteiger partial charge >= 0.3 is 0 Å². The molecule has 0 atom stereocenters. The first kappa shape index (κ1) is 17.5. The normalized spacial score (nSPS) is 11.3. The van der Waals surface area contributed by atoms with Crippen molar-refractivity contribution in [2.24, 2.45) is 0 Å². The molecule has 0 saturated heterocycles. The van der Waals surface area contributed by atoms with Gasteiger partial charge in [0.15, 0.2) is 0 Å². The number of rotatable bonds is 5. The van der Waals surface area contributed by atoms with E-state index in [9.17, 15) is 13.2 Å². The molecular weight excluding hydrogens is 336 g/mol. The van der Waals surface area contributed by atoms with Crippen molar-refractivity contribution in [3.8, 4) is 0 Å². The van der Waals surface area contributed by atoms with Crippen LogP contribution in [0.4, 0.5) is 5.69 Å². The molecule has 2 rings (SSSR count). The fourth-order valence-corrected chi connectivity index (χ4v) is 3.41. The van der Waals surface area contributed by atoms with Gasteiger partial charge in [-0.2, -0.15) is 0 Å². The molecule has 0 spiro atoms. The summed E-state index contributed by atoms with van der Waals surface area (Å²) in [5.74, 6) is -0.458. The molecule has 2 N–H and O–H groups in total. The molecule has 0 aliphatic carbocycles. The lowest BCUT2D eigenvalue weighted by atomic mass is 10.2. The lowest BCUT2D eigenvalue weighted by Crippen LogP contribution is -2.33. The summed E-state index contributed by atoms with van der Waals surface area (Å²) >= 11 is 5.76. The molecule has 0 heterocycles. The largest absolute Gasteiger partial charge is 0.325 e. The van der Waals surface area contributed by atoms with E-state index in [1.54, 1.807) is 43.3 Å². The van der Waals surface area contributed by atoms with E-state index in [1.807, 2.05) is 6.92 Å². The molecule has 0 radical (unpaired) electrons. The smallest absolute Gasteiger partial charge is 0.241 e. The summed E-state index contributed by atoms with van der Waals surface area (Å²) in [4.78, 5) is 12.0. The van der Waals surface area contributed by atoms with E-state index >= 15 is 0 Å². The molecule has 1 amide bonds. The van der Waals surface area contributed by atoms with Crippen molar-refractivity contribution in [1.82, 2.24) is 4.72 Å². The summed E-state index contributed by atoms with van der Waals surface area (Å²) in [6.07, 6.45) is 0. The fraction of sp³-hybridized carbons (Fsp3) is 0.188. The predicted molar refractivity (Wildman–Crippen MR) is 91.2 cm³/mol. The summed E-state index contributed by atoms with van der Waals surface area (Å²) in [6, 6.07) is 11.6. The van der Waals surface area contributed by atoms with Crippen LogP contribution >= 0.6 is 11.6 Å². The Morgan fingerprint density at radius 3 is 2.35 bits per heavy atom. The van der Waals surface area contributed by atoms with Crippen molar-refractivity contribution in [3.63, 3.8) is 0 Å². The van der Waals surface area contributed by atoms with Crippen LogP contribution in [-0.2, 0) is 14.8 Å². The average Bonchev–Trinajstić information content (AvgIpc) is 2.47. The number of anilines is 1. The Morgan fingerprint density at radius 1 is 1.09 bits per heavy atom. The lowest BCUT2D eigenvalue weighted by Gasteiger charge is -2.10. The zero-order valence-corrected chi connectivity index (χ0v) is 14.3. The molecule has 23 heavy (non-hydrogen) atoms. The van der Waals surface area contributed by atoms with Crippen LogP contribution in [0.3, 0.4) is 0 Å². The zero-order chi connectivity index (χ0) is 17.0. The summed E-state index contributed by atoms with van der Waals surface area (Å²) < 4.78 is 26.8. The number of amides is 1. The van der Waals surface area contributed by atoms with Crippen LogP contribution in [0, 0.1) is 13.8 Å². The maximum Gasteiger partial charge on any atom is 0.241 e. The van der Waals surface area contributed by atoms with Crippen LogP contribution < -0.4 is 10.0 Å². The van der Waals surface area contributed by atoms with Gasteiger partial charge in [0.2, 0.25) is 15.9 Å². The Labute approximate surface area is 140 Å². The minimum absolute atomic E-state index is 0.169. The number of sulfonamides is 1. The number of aryl methyl sites for hydroxylation is 2. The van der Waals surface area contributed by atoms with Gasteiger partial charge in [0.1, 0.15) is 0 Å². The van der Waals surface area contributed by atoms with Gasteiger partial charge in [-0.1, -0.05) is 29.3 Å². The van der Waals surface area contributed by atoms with Gasteiger partial charge in [-0.05, 0) is 49.7 Å². The number of halogens is 1. The quantitative estimate of drug-likeness (QED) is 0.868. The van der Waals surface area contributed by atoms with E-state index in [-0.39, 0.29) is 11.4 Å². The first-order chi connectivity index (χ1) is 10.8. The molecule has 5 nitrogen and oxygen atoms in total. The number of nitrogens with one attached hydrogen (secondary N) is 2. The molecule has 2 aromatic carbocycles. The van der Waals surface area contributed by atoms with E-state index in [2.05, 4.69) is 10.0 Å². The van der Waals surface area contributed by atoms with Gasteiger partial charge in [-0.25, -0.2) is 13.1 Å². The maximum atomic E-state index is 12.3. The van der Waals surface area contributed by atoms with Gasteiger partial charge in [0, 0.05) is 10.7 Å². The molecule has 2 aromatic rings. The molecular formula is C16H17ClN2O3S. The minimum atomic E-state index is -3.73. The highest BCUT2D eigenvalue weighted by Crippen LogP contribution is 2.16. The van der Waals surface area contributed by atoms with Crippen molar-refractivity contribution < 1.29 is 13.2 Å². The lowest BCUT2D eigenvalue weighted by molar-refractivity contribution is -0.115. The van der Waals surface area contributed by atoms with Crippen LogP contribution in [0.5, 0.6) is 0 Å². The Morgan fingerprint density at radius 2 is 1.74 bits per heavy atom. The van der Waals surface area contributed by atoms with Crippen molar-refractivity contribution in [3.05, 3.63) is 58.6 Å². The van der Waals surface area contributed by atoms with Crippen LogP contribution in [0.15, 0.2) is 47.4 Å². The predicted octanol–water partition coefficient (Wildman–Crippen LogP) is 2.87. The highest BCUT2D eigenvalue weighted by atomic mass is 35.5. The van der Waals surface area contributed by atoms with Crippen molar-refractivity contribution in [2.45, 2.75) is 18.7 Å². The van der Waals surface area contributed by atoms with E-state index in [0.717, 1.165) is 5.56 Å². The highest BCUT2D eigenvalue weighted by molar-refractivity contribution is 7.89. The van der Waals surface area contributed by atoms with Crippen molar-refractivity contribution in [1.29, 1.82) is 0 Å². The number of benzene rings is 2. The van der Waals surface area contributed by atoms with Crippen molar-refractivity contribution in [2.75, 3.05) is 11.9 Å². The number of hydrogen-bond acceptors (Lipinski definition) is 3. The Bertz CT molecular complexity index is 818. The Kier molecular flexibility index (Phi) is 5.41. The fourth-order valence-electron chi connectivity index (χ4n) is 2.08.